The molecule has 9 atom stereocenters. The van der Waals surface area contributed by atoms with Crippen molar-refractivity contribution >= 4 is 156 Å². The van der Waals surface area contributed by atoms with Gasteiger partial charge in [0.05, 0.1) is 0 Å². The molecule has 0 heterocycles. The average Bonchev–Trinajstić information content (AvgIpc) is 0.702. The van der Waals surface area contributed by atoms with E-state index in [2.05, 4.69) is 0 Å². The number of benzene rings is 9. The number of ketones is 9. The van der Waals surface area contributed by atoms with Crippen molar-refractivity contribution in [1.29, 1.82) is 0 Å². The number of hydrogen-bond donors (Lipinski definition) is 9. The zero-order valence-corrected chi connectivity index (χ0v) is 80.2. The Morgan fingerprint density at radius 2 is 0.393 bits per heavy atom. The molecule has 0 bridgehead atoms. The quantitative estimate of drug-likeness (QED) is 0.0648. The highest BCUT2D eigenvalue weighted by atomic mass is 35.5. The van der Waals surface area contributed by atoms with Crippen LogP contribution < -0.4 is 51.6 Å². The number of Topliss-reactive ketones (excluding diaryl/α,β-unsaturated/α-hetero) is 9. The van der Waals surface area contributed by atoms with E-state index in [9.17, 15) is 43.2 Å². The summed E-state index contributed by atoms with van der Waals surface area (Å²) in [6, 6.07) is 59.2. The van der Waals surface area contributed by atoms with Gasteiger partial charge in [-0.3, -0.25) is 43.2 Å². The SMILES string of the molecule is [2H]C1([2H])CC(=O)C(N)(c2ccccc2Cl)CC1([2H])[2H].[2H]C1([2H])CC(N)(c2ccccc2Cl)C(=O)C([2H])([2H])C1([2H])[2H].[2H]C1([2H])CC([2H])([2H])C(=O)C(N)(c2ccccc2Cl)C1.[2H]C1([2H])CCC(=O)C(N)(c2ccccc2Cl)C1.[2H]C1([2H])CCC(N)(c2ccccc2Cl)C(=O)C1.[2H]C1([2H])CCC(N)(c2ccccc2Cl)C(=O)C1([2H])[2H].[2H]C1([2H])CCC([2H])([2H])C(N)(c2ccccc2Cl)C1=O.[2H]C1([2H])CCCC(=O)C1(N)c1ccccc1Cl.[2H]C1([2H])CCCC(N)(c2ccccc2Cl)C1=O. The lowest BCUT2D eigenvalue weighted by atomic mass is 9.76. The van der Waals surface area contributed by atoms with Gasteiger partial charge in [0, 0.05) is 144 Å². The molecule has 9 aliphatic carbocycles. The maximum atomic E-state index is 12.5. The van der Waals surface area contributed by atoms with Crippen molar-refractivity contribution in [3.8, 4) is 0 Å². The van der Waals surface area contributed by atoms with E-state index in [0.717, 1.165) is 0 Å². The highest BCUT2D eigenvalue weighted by molar-refractivity contribution is 6.35. The highest BCUT2D eigenvalue weighted by Gasteiger charge is 2.47. The molecule has 0 saturated heterocycles. The maximum absolute atomic E-state index is 12.5. The zero-order chi connectivity index (χ0) is 125. The second kappa shape index (κ2) is 49.9. The Labute approximate surface area is 881 Å². The normalized spacial score (nSPS) is 35.6. The first kappa shape index (κ1) is 73.4. The van der Waals surface area contributed by atoms with Crippen molar-refractivity contribution < 1.29 is 84.3 Å². The molecule has 9 aliphatic rings. The van der Waals surface area contributed by atoms with Crippen LogP contribution in [0.1, 0.15) is 322 Å². The van der Waals surface area contributed by atoms with Gasteiger partial charge in [-0.15, -0.1) is 0 Å². The summed E-state index contributed by atoms with van der Waals surface area (Å²) in [7, 11) is 0. The van der Waals surface area contributed by atoms with Crippen molar-refractivity contribution in [1.82, 2.24) is 0 Å². The second-order valence-corrected chi connectivity index (χ2v) is 36.4. The standard InChI is InChI=1S/9C12H14ClNO/c9*13-10-6-2-1-5-9(10)12(14)8-4-3-7-11(12)15/h9*1-2,5-6H,3-4,7-8,14H2/i3D2,4D2,7D2;7D2,8D2;4D2,7D2;3D2,7D2;3D2,4D2;8D2;7D2;4D2;3D2. The van der Waals surface area contributed by atoms with Crippen molar-refractivity contribution in [2.45, 2.75) is 280 Å². The topological polar surface area (TPSA) is 388 Å². The minimum atomic E-state index is -3.07. The Kier molecular flexibility index (Phi) is 27.1. The van der Waals surface area contributed by atoms with Crippen LogP contribution in [-0.4, -0.2) is 52.0 Å². The molecule has 9 aromatic rings. The van der Waals surface area contributed by atoms with Gasteiger partial charge in [0.2, 0.25) is 0 Å². The Balaban J connectivity index is 0.000000188. The van der Waals surface area contributed by atoms with Crippen LogP contribution in [0.5, 0.6) is 0 Å². The Morgan fingerprint density at radius 3 is 0.756 bits per heavy atom. The highest BCUT2D eigenvalue weighted by Crippen LogP contribution is 2.45. The van der Waals surface area contributed by atoms with E-state index in [1.165, 1.54) is 30.3 Å². The number of rotatable bonds is 9. The molecule has 9 fully saturated rings. The second-order valence-electron chi connectivity index (χ2n) is 32.7. The van der Waals surface area contributed by atoms with Gasteiger partial charge in [0.15, 0.2) is 52.0 Å². The van der Waals surface area contributed by atoms with E-state index >= 15 is 0 Å². The van der Waals surface area contributed by atoms with Gasteiger partial charge in [0.25, 0.3) is 0 Å². The van der Waals surface area contributed by atoms with Crippen LogP contribution in [0.2, 0.25) is 45.2 Å². The third-order valence-corrected chi connectivity index (χ3v) is 26.7. The number of halogens is 9. The smallest absolute Gasteiger partial charge is 0.157 e. The molecular formula is C108H126Cl9N9O9. The van der Waals surface area contributed by atoms with E-state index < -0.39 is 206 Å². The molecule has 18 rings (SSSR count). The molecule has 0 aliphatic heterocycles. The summed E-state index contributed by atoms with van der Waals surface area (Å²) in [5.41, 5.74) is 43.7. The molecule has 9 unspecified atom stereocenters. The van der Waals surface area contributed by atoms with Gasteiger partial charge in [-0.25, -0.2) is 0 Å². The minimum Gasteiger partial charge on any atom is -0.315 e. The molecule has 0 amide bonds. The van der Waals surface area contributed by atoms with Gasteiger partial charge in [-0.05, 0) is 220 Å². The van der Waals surface area contributed by atoms with E-state index in [1.807, 2.05) is 0 Å². The van der Waals surface area contributed by atoms with Crippen molar-refractivity contribution in [3.63, 3.8) is 0 Å². The van der Waals surface area contributed by atoms with E-state index in [4.69, 9.17) is 197 Å². The molecule has 9 saturated carbocycles. The summed E-state index contributed by atoms with van der Waals surface area (Å²) in [5.74, 6) is -5.71. The fourth-order valence-electron chi connectivity index (χ4n) is 15.8. The Bertz CT molecular complexity index is 7130. The van der Waals surface area contributed by atoms with Crippen LogP contribution in [0.25, 0.3) is 0 Å². The van der Waals surface area contributed by atoms with Gasteiger partial charge in [0.1, 0.15) is 49.9 Å². The van der Waals surface area contributed by atoms with Crippen LogP contribution in [0, 0.1) is 0 Å². The first-order valence-electron chi connectivity index (χ1n) is 58.0. The molecule has 18 N–H and O–H groups in total. The van der Waals surface area contributed by atoms with Crippen LogP contribution in [0.15, 0.2) is 218 Å². The summed E-state index contributed by atoms with van der Waals surface area (Å²) in [6.07, 6.45) is -32.4. The van der Waals surface area contributed by atoms with Crippen LogP contribution >= 0.6 is 104 Å². The predicted molar refractivity (Wildman–Crippen MR) is 547 cm³/mol. The van der Waals surface area contributed by atoms with Crippen molar-refractivity contribution in [3.05, 3.63) is 314 Å². The predicted octanol–water partition coefficient (Wildman–Crippen LogP) is 23.7. The minimum absolute atomic E-state index is 0.0113. The number of carbonyl (C=O) groups is 9. The van der Waals surface area contributed by atoms with Gasteiger partial charge >= 0.3 is 0 Å². The molecule has 0 aromatic heterocycles. The van der Waals surface area contributed by atoms with Gasteiger partial charge in [-0.1, -0.05) is 326 Å². The molecular weight excluding hydrogens is 1890 g/mol. The lowest BCUT2D eigenvalue weighted by molar-refractivity contribution is -0.127. The summed E-state index contributed by atoms with van der Waals surface area (Å²) in [6.45, 7) is 0. The Hall–Kier alpha value is -7.74. The molecule has 720 valence electrons. The fourth-order valence-corrected chi connectivity index (χ4v) is 18.5. The number of nitrogens with two attached hydrogens (primary N) is 9. The third kappa shape index (κ3) is 26.5. The first-order valence-corrected chi connectivity index (χ1v) is 46.4. The summed E-state index contributed by atoms with van der Waals surface area (Å²) >= 11 is 54.3. The lowest BCUT2D eigenvalue weighted by Crippen LogP contribution is -2.47. The molecule has 0 radical (unpaired) electrons. The first-order chi connectivity index (χ1) is 75.3. The molecule has 18 nitrogen and oxygen atoms in total. The van der Waals surface area contributed by atoms with Gasteiger partial charge < -0.3 is 51.6 Å². The fraction of sp³-hybridized carbons (Fsp3) is 0.417. The lowest BCUT2D eigenvalue weighted by Gasteiger charge is -2.32. The van der Waals surface area contributed by atoms with E-state index in [-0.39, 0.29) is 136 Å². The molecule has 9 aromatic carbocycles. The van der Waals surface area contributed by atoms with E-state index in [1.54, 1.807) is 188 Å². The average molecular weight is 2040 g/mol. The van der Waals surface area contributed by atoms with E-state index in [0.29, 0.717) is 85.6 Å². The van der Waals surface area contributed by atoms with Crippen molar-refractivity contribution in [2.75, 3.05) is 0 Å². The molecule has 27 heteroatoms. The number of carbonyl (C=O) groups excluding carboxylic acids is 9. The summed E-state index contributed by atoms with van der Waals surface area (Å²) < 4.78 is 233. The Morgan fingerprint density at radius 1 is 0.178 bits per heavy atom. The number of hydrogen-bond acceptors (Lipinski definition) is 18. The monoisotopic (exact) mass is 2040 g/mol. The zero-order valence-electron chi connectivity index (χ0n) is 103. The molecule has 0 spiro atoms. The largest absolute Gasteiger partial charge is 0.315 e. The molecule has 135 heavy (non-hydrogen) atoms. The summed E-state index contributed by atoms with van der Waals surface area (Å²) in [5, 5.41) is 2.74. The van der Waals surface area contributed by atoms with Crippen LogP contribution in [-0.2, 0) is 93.0 Å². The van der Waals surface area contributed by atoms with Crippen LogP contribution in [0.3, 0.4) is 0 Å². The van der Waals surface area contributed by atoms with Crippen molar-refractivity contribution in [2.24, 2.45) is 51.6 Å². The van der Waals surface area contributed by atoms with Gasteiger partial charge in [-0.2, -0.15) is 0 Å². The summed E-state index contributed by atoms with van der Waals surface area (Å²) in [4.78, 5) is 110. The van der Waals surface area contributed by atoms with Crippen LogP contribution in [0.4, 0.5) is 0 Å². The third-order valence-electron chi connectivity index (χ3n) is 23.7. The maximum Gasteiger partial charge on any atom is 0.157 e.